The van der Waals surface area contributed by atoms with Gasteiger partial charge in [0.2, 0.25) is 5.91 Å². The minimum atomic E-state index is -0.623. The molecule has 1 aliphatic rings. The minimum Gasteiger partial charge on any atom is -0.382 e. The van der Waals surface area contributed by atoms with Crippen LogP contribution in [-0.4, -0.2) is 24.7 Å². The molecule has 1 aromatic carbocycles. The Labute approximate surface area is 112 Å². The first-order chi connectivity index (χ1) is 8.97. The second-order valence-corrected chi connectivity index (χ2v) is 5.04. The molecule has 104 valence electrons. The van der Waals surface area contributed by atoms with E-state index in [0.29, 0.717) is 17.9 Å². The molecule has 2 unspecified atom stereocenters. The third-order valence-electron chi connectivity index (χ3n) is 3.47. The fraction of sp³-hybridized carbons (Fsp3) is 0.500. The molecule has 3 N–H and O–H groups in total. The van der Waals surface area contributed by atoms with Crippen molar-refractivity contribution in [2.75, 3.05) is 11.9 Å². The van der Waals surface area contributed by atoms with E-state index < -0.39 is 11.7 Å². The summed E-state index contributed by atoms with van der Waals surface area (Å²) in [4.78, 5) is 11.2. The van der Waals surface area contributed by atoms with Gasteiger partial charge in [-0.2, -0.15) is 0 Å². The Hall–Kier alpha value is -1.62. The highest BCUT2D eigenvalue weighted by Crippen LogP contribution is 2.24. The molecule has 0 saturated carbocycles. The summed E-state index contributed by atoms with van der Waals surface area (Å²) in [6, 6.07) is 3.01. The lowest BCUT2D eigenvalue weighted by atomic mass is 10.0. The normalized spacial score (nSPS) is 23.1. The van der Waals surface area contributed by atoms with Gasteiger partial charge in [-0.15, -0.1) is 0 Å². The van der Waals surface area contributed by atoms with Crippen LogP contribution in [0.1, 0.15) is 35.7 Å². The third-order valence-corrected chi connectivity index (χ3v) is 3.47. The number of carbonyl (C=O) groups is 1. The quantitative estimate of drug-likeness (QED) is 0.881. The van der Waals surface area contributed by atoms with Crippen LogP contribution in [0.2, 0.25) is 0 Å². The summed E-state index contributed by atoms with van der Waals surface area (Å²) in [6.45, 7) is 4.39. The van der Waals surface area contributed by atoms with E-state index in [2.05, 4.69) is 5.32 Å². The molecule has 1 aromatic rings. The second-order valence-electron chi connectivity index (χ2n) is 5.04. The summed E-state index contributed by atoms with van der Waals surface area (Å²) in [5.41, 5.74) is 6.53. The highest BCUT2D eigenvalue weighted by atomic mass is 19.1. The van der Waals surface area contributed by atoms with Gasteiger partial charge in [0, 0.05) is 29.5 Å². The number of nitrogens with two attached hydrogens (primary N) is 1. The summed E-state index contributed by atoms with van der Waals surface area (Å²) >= 11 is 0. The predicted molar refractivity (Wildman–Crippen MR) is 71.7 cm³/mol. The summed E-state index contributed by atoms with van der Waals surface area (Å²) in [5.74, 6) is -1.04. The minimum absolute atomic E-state index is 0.186. The highest BCUT2D eigenvalue weighted by Gasteiger charge is 2.20. The molecule has 1 heterocycles. The van der Waals surface area contributed by atoms with E-state index in [-0.39, 0.29) is 17.7 Å². The van der Waals surface area contributed by atoms with Gasteiger partial charge in [-0.1, -0.05) is 0 Å². The van der Waals surface area contributed by atoms with Gasteiger partial charge in [0.1, 0.15) is 5.82 Å². The number of hydrogen-bond acceptors (Lipinski definition) is 3. The smallest absolute Gasteiger partial charge is 0.248 e. The van der Waals surface area contributed by atoms with Gasteiger partial charge in [0.25, 0.3) is 0 Å². The number of primary amides is 1. The third kappa shape index (κ3) is 3.23. The molecule has 19 heavy (non-hydrogen) atoms. The first-order valence-electron chi connectivity index (χ1n) is 6.45. The van der Waals surface area contributed by atoms with Gasteiger partial charge >= 0.3 is 0 Å². The standard InChI is InChI=1S/C14H19FN2O2/c1-8-5-11(3-4-19-8)17-13-7-10(14(16)18)6-12(15)9(13)2/h6-8,11,17H,3-5H2,1-2H3,(H2,16,18). The van der Waals surface area contributed by atoms with Crippen molar-refractivity contribution in [3.05, 3.63) is 29.1 Å². The Bertz CT molecular complexity index is 491. The number of benzene rings is 1. The van der Waals surface area contributed by atoms with E-state index in [0.717, 1.165) is 12.8 Å². The number of rotatable bonds is 3. The van der Waals surface area contributed by atoms with Gasteiger partial charge in [0.15, 0.2) is 0 Å². The Morgan fingerprint density at radius 2 is 2.26 bits per heavy atom. The first kappa shape index (κ1) is 13.8. The van der Waals surface area contributed by atoms with Crippen molar-refractivity contribution in [2.24, 2.45) is 5.73 Å². The van der Waals surface area contributed by atoms with Crippen LogP contribution in [0.5, 0.6) is 0 Å². The van der Waals surface area contributed by atoms with E-state index in [1.54, 1.807) is 13.0 Å². The number of amides is 1. The van der Waals surface area contributed by atoms with Gasteiger partial charge < -0.3 is 15.8 Å². The number of hydrogen-bond donors (Lipinski definition) is 2. The molecule has 1 amide bonds. The molecule has 0 spiro atoms. The molecule has 0 aromatic heterocycles. The lowest BCUT2D eigenvalue weighted by Gasteiger charge is -2.29. The monoisotopic (exact) mass is 266 g/mol. The van der Waals surface area contributed by atoms with Crippen LogP contribution in [0.15, 0.2) is 12.1 Å². The van der Waals surface area contributed by atoms with Crippen LogP contribution < -0.4 is 11.1 Å². The highest BCUT2D eigenvalue weighted by molar-refractivity contribution is 5.94. The van der Waals surface area contributed by atoms with Crippen LogP contribution in [0, 0.1) is 12.7 Å². The van der Waals surface area contributed by atoms with E-state index in [9.17, 15) is 9.18 Å². The zero-order valence-electron chi connectivity index (χ0n) is 11.2. The van der Waals surface area contributed by atoms with Crippen molar-refractivity contribution in [1.82, 2.24) is 0 Å². The lowest BCUT2D eigenvalue weighted by Crippen LogP contribution is -2.32. The summed E-state index contributed by atoms with van der Waals surface area (Å²) in [7, 11) is 0. The maximum absolute atomic E-state index is 13.8. The van der Waals surface area contributed by atoms with E-state index in [1.165, 1.54) is 6.07 Å². The van der Waals surface area contributed by atoms with E-state index in [4.69, 9.17) is 10.5 Å². The van der Waals surface area contributed by atoms with Crippen molar-refractivity contribution in [3.63, 3.8) is 0 Å². The largest absolute Gasteiger partial charge is 0.382 e. The van der Waals surface area contributed by atoms with E-state index >= 15 is 0 Å². The Morgan fingerprint density at radius 3 is 2.89 bits per heavy atom. The summed E-state index contributed by atoms with van der Waals surface area (Å²) < 4.78 is 19.2. The molecule has 0 radical (unpaired) electrons. The van der Waals surface area contributed by atoms with Crippen molar-refractivity contribution in [2.45, 2.75) is 38.8 Å². The molecule has 2 atom stereocenters. The average Bonchev–Trinajstić information content (AvgIpc) is 2.34. The number of nitrogens with one attached hydrogen (secondary N) is 1. The van der Waals surface area contributed by atoms with Crippen molar-refractivity contribution in [1.29, 1.82) is 0 Å². The Kier molecular flexibility index (Phi) is 4.04. The van der Waals surface area contributed by atoms with Crippen molar-refractivity contribution < 1.29 is 13.9 Å². The first-order valence-corrected chi connectivity index (χ1v) is 6.45. The fourth-order valence-corrected chi connectivity index (χ4v) is 2.32. The van der Waals surface area contributed by atoms with Crippen LogP contribution in [-0.2, 0) is 4.74 Å². The van der Waals surface area contributed by atoms with Crippen LogP contribution in [0.3, 0.4) is 0 Å². The van der Waals surface area contributed by atoms with Gasteiger partial charge in [0.05, 0.1) is 6.10 Å². The Morgan fingerprint density at radius 1 is 1.53 bits per heavy atom. The number of carbonyl (C=O) groups excluding carboxylic acids is 1. The van der Waals surface area contributed by atoms with Gasteiger partial charge in [-0.05, 0) is 38.8 Å². The molecule has 1 aliphatic heterocycles. The van der Waals surface area contributed by atoms with Crippen molar-refractivity contribution in [3.8, 4) is 0 Å². The predicted octanol–water partition coefficient (Wildman–Crippen LogP) is 2.21. The van der Waals surface area contributed by atoms with E-state index in [1.807, 2.05) is 6.92 Å². The zero-order chi connectivity index (χ0) is 14.0. The zero-order valence-corrected chi connectivity index (χ0v) is 11.2. The van der Waals surface area contributed by atoms with Crippen molar-refractivity contribution >= 4 is 11.6 Å². The molecule has 0 bridgehead atoms. The SMILES string of the molecule is Cc1c(F)cc(C(N)=O)cc1NC1CCOC(C)C1. The lowest BCUT2D eigenvalue weighted by molar-refractivity contribution is 0.0232. The molecule has 1 fully saturated rings. The van der Waals surface area contributed by atoms with Crippen LogP contribution >= 0.6 is 0 Å². The molecular weight excluding hydrogens is 247 g/mol. The molecule has 1 saturated heterocycles. The maximum Gasteiger partial charge on any atom is 0.248 e. The summed E-state index contributed by atoms with van der Waals surface area (Å²) in [5, 5.41) is 3.29. The molecule has 4 nitrogen and oxygen atoms in total. The maximum atomic E-state index is 13.8. The number of halogens is 1. The molecule has 2 rings (SSSR count). The number of ether oxygens (including phenoxy) is 1. The Balaban J connectivity index is 2.21. The molecule has 0 aliphatic carbocycles. The van der Waals surface area contributed by atoms with Crippen LogP contribution in [0.4, 0.5) is 10.1 Å². The van der Waals surface area contributed by atoms with Gasteiger partial charge in [-0.3, -0.25) is 4.79 Å². The molecular formula is C14H19FN2O2. The van der Waals surface area contributed by atoms with Gasteiger partial charge in [-0.25, -0.2) is 4.39 Å². The second kappa shape index (κ2) is 5.57. The average molecular weight is 266 g/mol. The fourth-order valence-electron chi connectivity index (χ4n) is 2.32. The van der Waals surface area contributed by atoms with Crippen LogP contribution in [0.25, 0.3) is 0 Å². The topological polar surface area (TPSA) is 64.4 Å². The summed E-state index contributed by atoms with van der Waals surface area (Å²) in [6.07, 6.45) is 1.92. The number of anilines is 1. The molecule has 5 heteroatoms.